The Balaban J connectivity index is 1.77. The molecule has 120 valence electrons. The van der Waals surface area contributed by atoms with Gasteiger partial charge in [-0.05, 0) is 43.5 Å². The van der Waals surface area contributed by atoms with Crippen LogP contribution in [0.4, 0.5) is 0 Å². The molecule has 1 heterocycles. The smallest absolute Gasteiger partial charge is 0.270 e. The highest BCUT2D eigenvalue weighted by molar-refractivity contribution is 5.99. The maximum absolute atomic E-state index is 12.7. The van der Waals surface area contributed by atoms with Gasteiger partial charge in [-0.1, -0.05) is 12.1 Å². The molecule has 5 heteroatoms. The molecule has 0 aliphatic heterocycles. The Bertz CT molecular complexity index is 714. The second kappa shape index (κ2) is 6.28. The van der Waals surface area contributed by atoms with E-state index in [2.05, 4.69) is 4.98 Å². The predicted molar refractivity (Wildman–Crippen MR) is 86.7 cm³/mol. The Morgan fingerprint density at radius 2 is 1.96 bits per heavy atom. The van der Waals surface area contributed by atoms with Crippen LogP contribution in [0.1, 0.15) is 46.2 Å². The van der Waals surface area contributed by atoms with Gasteiger partial charge in [-0.2, -0.15) is 0 Å². The van der Waals surface area contributed by atoms with Crippen LogP contribution >= 0.6 is 0 Å². The normalized spacial score (nSPS) is 13.7. The van der Waals surface area contributed by atoms with Gasteiger partial charge in [0.2, 0.25) is 0 Å². The van der Waals surface area contributed by atoms with Crippen LogP contribution in [-0.2, 0) is 6.54 Å². The summed E-state index contributed by atoms with van der Waals surface area (Å²) in [5.41, 5.74) is 2.06. The van der Waals surface area contributed by atoms with Crippen molar-refractivity contribution in [3.8, 4) is 5.75 Å². The number of rotatable bonds is 6. The summed E-state index contributed by atoms with van der Waals surface area (Å²) in [5, 5.41) is 0. The summed E-state index contributed by atoms with van der Waals surface area (Å²) < 4.78 is 5.16. The lowest BCUT2D eigenvalue weighted by molar-refractivity contribution is 0.0724. The summed E-state index contributed by atoms with van der Waals surface area (Å²) in [7, 11) is 1.63. The van der Waals surface area contributed by atoms with Gasteiger partial charge in [-0.15, -0.1) is 0 Å². The Hall–Kier alpha value is -2.56. The van der Waals surface area contributed by atoms with Crippen LogP contribution in [0, 0.1) is 0 Å². The Morgan fingerprint density at radius 3 is 2.48 bits per heavy atom. The minimum atomic E-state index is -0.0594. The molecule has 3 rings (SSSR count). The van der Waals surface area contributed by atoms with Crippen molar-refractivity contribution in [3.63, 3.8) is 0 Å². The van der Waals surface area contributed by atoms with Gasteiger partial charge in [0, 0.05) is 24.3 Å². The SMILES string of the molecule is COc1ccc(CN(C(=O)c2cc(C(C)=O)c[nH]2)C2CC2)cc1. The van der Waals surface area contributed by atoms with Gasteiger partial charge in [0.1, 0.15) is 11.4 Å². The van der Waals surface area contributed by atoms with Crippen molar-refractivity contribution in [3.05, 3.63) is 53.3 Å². The van der Waals surface area contributed by atoms with Gasteiger partial charge in [0.15, 0.2) is 5.78 Å². The van der Waals surface area contributed by atoms with E-state index in [1.54, 1.807) is 19.4 Å². The van der Waals surface area contributed by atoms with Crippen LogP contribution in [0.5, 0.6) is 5.75 Å². The number of H-pyrrole nitrogens is 1. The number of carbonyl (C=O) groups is 2. The van der Waals surface area contributed by atoms with Crippen LogP contribution in [0.2, 0.25) is 0 Å². The molecule has 0 bridgehead atoms. The van der Waals surface area contributed by atoms with E-state index in [0.29, 0.717) is 17.8 Å². The molecule has 2 aromatic rings. The van der Waals surface area contributed by atoms with Gasteiger partial charge in [-0.25, -0.2) is 0 Å². The van der Waals surface area contributed by atoms with Crippen molar-refractivity contribution in [1.82, 2.24) is 9.88 Å². The molecule has 0 atom stereocenters. The molecule has 1 aliphatic rings. The molecule has 0 saturated heterocycles. The van der Waals surface area contributed by atoms with E-state index < -0.39 is 0 Å². The van der Waals surface area contributed by atoms with Crippen molar-refractivity contribution < 1.29 is 14.3 Å². The van der Waals surface area contributed by atoms with Gasteiger partial charge >= 0.3 is 0 Å². The minimum Gasteiger partial charge on any atom is -0.497 e. The second-order valence-corrected chi connectivity index (χ2v) is 5.87. The fourth-order valence-corrected chi connectivity index (χ4v) is 2.56. The summed E-state index contributed by atoms with van der Waals surface area (Å²) >= 11 is 0. The third kappa shape index (κ3) is 3.44. The third-order valence-electron chi connectivity index (χ3n) is 4.08. The number of methoxy groups -OCH3 is 1. The zero-order valence-electron chi connectivity index (χ0n) is 13.3. The van der Waals surface area contributed by atoms with Crippen LogP contribution in [0.3, 0.4) is 0 Å². The standard InChI is InChI=1S/C18H20N2O3/c1-12(21)14-9-17(19-10-14)18(22)20(15-5-6-15)11-13-3-7-16(23-2)8-4-13/h3-4,7-10,15,19H,5-6,11H2,1-2H3. The number of amides is 1. The number of ketones is 1. The fourth-order valence-electron chi connectivity index (χ4n) is 2.56. The first kappa shape index (κ1) is 15.3. The summed E-state index contributed by atoms with van der Waals surface area (Å²) in [4.78, 5) is 28.9. The number of benzene rings is 1. The first-order valence-electron chi connectivity index (χ1n) is 7.71. The summed E-state index contributed by atoms with van der Waals surface area (Å²) in [6.45, 7) is 2.05. The lowest BCUT2D eigenvalue weighted by atomic mass is 10.2. The van der Waals surface area contributed by atoms with E-state index in [4.69, 9.17) is 4.74 Å². The van der Waals surface area contributed by atoms with Crippen LogP contribution in [0.15, 0.2) is 36.5 Å². The zero-order valence-corrected chi connectivity index (χ0v) is 13.3. The molecule has 0 unspecified atom stereocenters. The van der Waals surface area contributed by atoms with Crippen molar-refractivity contribution in [2.75, 3.05) is 7.11 Å². The van der Waals surface area contributed by atoms with Crippen LogP contribution in [-0.4, -0.2) is 34.7 Å². The quantitative estimate of drug-likeness (QED) is 0.834. The van der Waals surface area contributed by atoms with Crippen LogP contribution < -0.4 is 4.74 Å². The van der Waals surface area contributed by atoms with Gasteiger partial charge in [0.25, 0.3) is 5.91 Å². The molecule has 1 aromatic carbocycles. The lowest BCUT2D eigenvalue weighted by Crippen LogP contribution is -2.32. The number of nitrogens with one attached hydrogen (secondary N) is 1. The largest absolute Gasteiger partial charge is 0.497 e. The summed E-state index contributed by atoms with van der Waals surface area (Å²) in [6.07, 6.45) is 3.65. The zero-order chi connectivity index (χ0) is 16.4. The molecule has 1 amide bonds. The highest BCUT2D eigenvalue weighted by atomic mass is 16.5. The minimum absolute atomic E-state index is 0.0478. The molecular formula is C18H20N2O3. The summed E-state index contributed by atoms with van der Waals surface area (Å²) in [5.74, 6) is 0.692. The van der Waals surface area contributed by atoms with Crippen LogP contribution in [0.25, 0.3) is 0 Å². The van der Waals surface area contributed by atoms with Crippen molar-refractivity contribution in [2.45, 2.75) is 32.4 Å². The first-order chi connectivity index (χ1) is 11.1. The van der Waals surface area contributed by atoms with E-state index in [9.17, 15) is 9.59 Å². The van der Waals surface area contributed by atoms with Crippen molar-refractivity contribution >= 4 is 11.7 Å². The molecule has 1 aliphatic carbocycles. The predicted octanol–water partition coefficient (Wildman–Crippen LogP) is 3.03. The van der Waals surface area contributed by atoms with Crippen molar-refractivity contribution in [1.29, 1.82) is 0 Å². The molecule has 1 saturated carbocycles. The molecular weight excluding hydrogens is 292 g/mol. The molecule has 0 spiro atoms. The highest BCUT2D eigenvalue weighted by Gasteiger charge is 2.33. The molecule has 23 heavy (non-hydrogen) atoms. The molecule has 1 N–H and O–H groups in total. The number of carbonyl (C=O) groups excluding carboxylic acids is 2. The lowest BCUT2D eigenvalue weighted by Gasteiger charge is -2.22. The van der Waals surface area contributed by atoms with E-state index in [1.165, 1.54) is 6.92 Å². The average Bonchev–Trinajstić information content (AvgIpc) is 3.27. The maximum Gasteiger partial charge on any atom is 0.270 e. The topological polar surface area (TPSA) is 62.4 Å². The van der Waals surface area contributed by atoms with E-state index >= 15 is 0 Å². The highest BCUT2D eigenvalue weighted by Crippen LogP contribution is 2.30. The Labute approximate surface area is 135 Å². The number of aromatic amines is 1. The summed E-state index contributed by atoms with van der Waals surface area (Å²) in [6, 6.07) is 9.65. The van der Waals surface area contributed by atoms with Crippen molar-refractivity contribution in [2.24, 2.45) is 0 Å². The van der Waals surface area contributed by atoms with Gasteiger partial charge in [-0.3, -0.25) is 9.59 Å². The number of nitrogens with zero attached hydrogens (tertiary/aromatic N) is 1. The number of Topliss-reactive ketones (excluding diaryl/α,β-unsaturated/α-hetero) is 1. The fraction of sp³-hybridized carbons (Fsp3) is 0.333. The second-order valence-electron chi connectivity index (χ2n) is 5.87. The number of hydrogen-bond donors (Lipinski definition) is 1. The van der Waals surface area contributed by atoms with E-state index in [1.807, 2.05) is 29.2 Å². The first-order valence-corrected chi connectivity index (χ1v) is 7.71. The van der Waals surface area contributed by atoms with E-state index in [-0.39, 0.29) is 17.7 Å². The average molecular weight is 312 g/mol. The van der Waals surface area contributed by atoms with E-state index in [0.717, 1.165) is 24.2 Å². The van der Waals surface area contributed by atoms with Gasteiger partial charge < -0.3 is 14.6 Å². The Morgan fingerprint density at radius 1 is 1.26 bits per heavy atom. The molecule has 0 radical (unpaired) electrons. The molecule has 5 nitrogen and oxygen atoms in total. The molecule has 1 aromatic heterocycles. The Kier molecular flexibility index (Phi) is 4.19. The number of ether oxygens (including phenoxy) is 1. The maximum atomic E-state index is 12.7. The number of aromatic nitrogens is 1. The monoisotopic (exact) mass is 312 g/mol. The van der Waals surface area contributed by atoms with Gasteiger partial charge in [0.05, 0.1) is 7.11 Å². The third-order valence-corrected chi connectivity index (χ3v) is 4.08. The number of hydrogen-bond acceptors (Lipinski definition) is 3. The molecule has 1 fully saturated rings.